The smallest absolute Gasteiger partial charge is 0.410 e. The lowest BCUT2D eigenvalue weighted by molar-refractivity contribution is -0.117. The van der Waals surface area contributed by atoms with Crippen LogP contribution < -0.4 is 15.0 Å². The molecule has 3 heterocycles. The molecule has 39 heavy (non-hydrogen) atoms. The van der Waals surface area contributed by atoms with Crippen LogP contribution in [0.5, 0.6) is 5.88 Å². The molecular formula is C31H40N4O4. The lowest BCUT2D eigenvalue weighted by Crippen LogP contribution is -2.51. The lowest BCUT2D eigenvalue weighted by Gasteiger charge is -2.46. The van der Waals surface area contributed by atoms with Gasteiger partial charge in [-0.1, -0.05) is 25.1 Å². The fourth-order valence-corrected chi connectivity index (χ4v) is 5.96. The van der Waals surface area contributed by atoms with Gasteiger partial charge in [0.25, 0.3) is 0 Å². The number of amides is 2. The SMILES string of the molecule is COc1cccc(N[C@H]2c3cc(C4=CCN(C(=O)OC(C)(C)C)CC4)ccc3N(C(C)=O)C(C3CC3)[C@@H]2C)n1. The molecule has 1 aromatic heterocycles. The number of rotatable bonds is 5. The fourth-order valence-electron chi connectivity index (χ4n) is 5.96. The van der Waals surface area contributed by atoms with E-state index in [0.29, 0.717) is 24.9 Å². The van der Waals surface area contributed by atoms with Crippen molar-refractivity contribution in [1.29, 1.82) is 0 Å². The van der Waals surface area contributed by atoms with Crippen LogP contribution in [0.1, 0.15) is 71.0 Å². The van der Waals surface area contributed by atoms with Crippen LogP contribution in [0.15, 0.2) is 42.5 Å². The Balaban J connectivity index is 1.48. The van der Waals surface area contributed by atoms with Crippen LogP contribution >= 0.6 is 0 Å². The molecule has 0 saturated heterocycles. The molecule has 2 aliphatic heterocycles. The predicted molar refractivity (Wildman–Crippen MR) is 153 cm³/mol. The first-order valence-corrected chi connectivity index (χ1v) is 13.9. The summed E-state index contributed by atoms with van der Waals surface area (Å²) in [7, 11) is 1.62. The van der Waals surface area contributed by atoms with Gasteiger partial charge < -0.3 is 24.6 Å². The van der Waals surface area contributed by atoms with Crippen molar-refractivity contribution >= 4 is 29.1 Å². The second kappa shape index (κ2) is 10.5. The summed E-state index contributed by atoms with van der Waals surface area (Å²) in [5, 5.41) is 3.69. The highest BCUT2D eigenvalue weighted by atomic mass is 16.6. The van der Waals surface area contributed by atoms with Crippen LogP contribution in [0, 0.1) is 11.8 Å². The van der Waals surface area contributed by atoms with Crippen molar-refractivity contribution in [3.05, 3.63) is 53.6 Å². The largest absolute Gasteiger partial charge is 0.481 e. The van der Waals surface area contributed by atoms with Gasteiger partial charge in [0.05, 0.1) is 13.2 Å². The first-order chi connectivity index (χ1) is 18.6. The van der Waals surface area contributed by atoms with E-state index in [4.69, 9.17) is 9.47 Å². The van der Waals surface area contributed by atoms with E-state index in [1.54, 1.807) is 18.9 Å². The van der Waals surface area contributed by atoms with Gasteiger partial charge >= 0.3 is 6.09 Å². The normalized spacial score (nSPS) is 23.0. The number of aromatic nitrogens is 1. The van der Waals surface area contributed by atoms with E-state index in [2.05, 4.69) is 41.5 Å². The Hall–Kier alpha value is -3.55. The second-order valence-corrected chi connectivity index (χ2v) is 11.9. The summed E-state index contributed by atoms with van der Waals surface area (Å²) < 4.78 is 10.9. The highest BCUT2D eigenvalue weighted by molar-refractivity contribution is 5.94. The molecule has 1 aromatic carbocycles. The average molecular weight is 533 g/mol. The molecule has 1 saturated carbocycles. The minimum atomic E-state index is -0.517. The molecule has 1 aliphatic carbocycles. The molecule has 0 radical (unpaired) electrons. The zero-order valence-electron chi connectivity index (χ0n) is 23.9. The summed E-state index contributed by atoms with van der Waals surface area (Å²) in [5.41, 5.74) is 3.85. The second-order valence-electron chi connectivity index (χ2n) is 11.9. The van der Waals surface area contributed by atoms with Crippen molar-refractivity contribution in [3.8, 4) is 5.88 Å². The fraction of sp³-hybridized carbons (Fsp3) is 0.516. The molecule has 8 heteroatoms. The van der Waals surface area contributed by atoms with Gasteiger partial charge in [0, 0.05) is 43.7 Å². The van der Waals surface area contributed by atoms with Crippen LogP contribution in [0.2, 0.25) is 0 Å². The average Bonchev–Trinajstić information content (AvgIpc) is 3.74. The Kier molecular flexibility index (Phi) is 7.31. The molecule has 2 aromatic rings. The summed E-state index contributed by atoms with van der Waals surface area (Å²) in [6.45, 7) is 10.7. The summed E-state index contributed by atoms with van der Waals surface area (Å²) in [6.07, 6.45) is 4.87. The van der Waals surface area contributed by atoms with Gasteiger partial charge in [0.1, 0.15) is 11.4 Å². The first kappa shape index (κ1) is 27.0. The van der Waals surface area contributed by atoms with Crippen molar-refractivity contribution in [2.24, 2.45) is 11.8 Å². The Bertz CT molecular complexity index is 1280. The van der Waals surface area contributed by atoms with Gasteiger partial charge in [-0.15, -0.1) is 0 Å². The molecular weight excluding hydrogens is 492 g/mol. The number of fused-ring (bicyclic) bond motifs is 1. The summed E-state index contributed by atoms with van der Waals surface area (Å²) >= 11 is 0. The van der Waals surface area contributed by atoms with E-state index in [0.717, 1.165) is 41.9 Å². The number of carbonyl (C=O) groups excluding carboxylic acids is 2. The topological polar surface area (TPSA) is 84.0 Å². The van der Waals surface area contributed by atoms with Crippen LogP contribution in [0.3, 0.4) is 0 Å². The molecule has 1 fully saturated rings. The van der Waals surface area contributed by atoms with Crippen molar-refractivity contribution < 1.29 is 19.1 Å². The van der Waals surface area contributed by atoms with Crippen molar-refractivity contribution in [1.82, 2.24) is 9.88 Å². The quantitative estimate of drug-likeness (QED) is 0.505. The molecule has 1 N–H and O–H groups in total. The van der Waals surface area contributed by atoms with Crippen molar-refractivity contribution in [2.75, 3.05) is 30.4 Å². The van der Waals surface area contributed by atoms with Gasteiger partial charge in [0.15, 0.2) is 0 Å². The number of carbonyl (C=O) groups is 2. The molecule has 1 unspecified atom stereocenters. The zero-order chi connectivity index (χ0) is 27.9. The molecule has 3 atom stereocenters. The minimum absolute atomic E-state index is 0.0248. The molecule has 208 valence electrons. The predicted octanol–water partition coefficient (Wildman–Crippen LogP) is 6.05. The number of nitrogens with one attached hydrogen (secondary N) is 1. The molecule has 2 amide bonds. The molecule has 5 rings (SSSR count). The number of hydrogen-bond donors (Lipinski definition) is 1. The Morgan fingerprint density at radius 3 is 2.51 bits per heavy atom. The van der Waals surface area contributed by atoms with E-state index in [1.165, 1.54) is 5.57 Å². The standard InChI is InChI=1S/C31H40N4O4/c1-19-28(33-26-8-7-9-27(32-26)38-6)24-18-23(12-13-25(24)35(20(2)36)29(19)22-10-11-22)21-14-16-34(17-15-21)30(37)39-31(3,4)5/h7-9,12-14,18-19,22,28-29H,10-11,15-17H2,1-6H3,(H,32,33)/t19-,28-,29?/m1/s1. The third kappa shape index (κ3) is 5.75. The van der Waals surface area contributed by atoms with Crippen molar-refractivity contribution in [2.45, 2.75) is 71.6 Å². The molecule has 0 bridgehead atoms. The van der Waals surface area contributed by atoms with Crippen molar-refractivity contribution in [3.63, 3.8) is 0 Å². The van der Waals surface area contributed by atoms with E-state index in [1.807, 2.05) is 43.9 Å². The maximum Gasteiger partial charge on any atom is 0.410 e. The van der Waals surface area contributed by atoms with Gasteiger partial charge in [-0.25, -0.2) is 4.79 Å². The Morgan fingerprint density at radius 1 is 1.13 bits per heavy atom. The Morgan fingerprint density at radius 2 is 1.90 bits per heavy atom. The number of benzene rings is 1. The number of anilines is 2. The van der Waals surface area contributed by atoms with Gasteiger partial charge in [-0.2, -0.15) is 4.98 Å². The highest BCUT2D eigenvalue weighted by Crippen LogP contribution is 2.50. The van der Waals surface area contributed by atoms with Gasteiger partial charge in [-0.05, 0) is 80.9 Å². The maximum atomic E-state index is 13.0. The van der Waals surface area contributed by atoms with Crippen LogP contribution in [-0.2, 0) is 9.53 Å². The molecule has 8 nitrogen and oxygen atoms in total. The van der Waals surface area contributed by atoms with E-state index >= 15 is 0 Å². The maximum absolute atomic E-state index is 13.0. The summed E-state index contributed by atoms with van der Waals surface area (Å²) in [5.74, 6) is 2.08. The number of pyridine rings is 1. The Labute approximate surface area is 231 Å². The number of methoxy groups -OCH3 is 1. The molecule has 3 aliphatic rings. The number of hydrogen-bond acceptors (Lipinski definition) is 6. The van der Waals surface area contributed by atoms with E-state index < -0.39 is 5.60 Å². The van der Waals surface area contributed by atoms with Gasteiger partial charge in [0.2, 0.25) is 11.8 Å². The minimum Gasteiger partial charge on any atom is -0.481 e. The van der Waals surface area contributed by atoms with Crippen LogP contribution in [0.4, 0.5) is 16.3 Å². The van der Waals surface area contributed by atoms with Crippen LogP contribution in [-0.4, -0.2) is 53.7 Å². The number of nitrogens with zero attached hydrogens (tertiary/aromatic N) is 3. The lowest BCUT2D eigenvalue weighted by atomic mass is 9.79. The summed E-state index contributed by atoms with van der Waals surface area (Å²) in [6, 6.07) is 12.3. The van der Waals surface area contributed by atoms with Gasteiger partial charge in [-0.3, -0.25) is 4.79 Å². The van der Waals surface area contributed by atoms with Crippen LogP contribution in [0.25, 0.3) is 5.57 Å². The van der Waals surface area contributed by atoms with E-state index in [9.17, 15) is 9.59 Å². The third-order valence-electron chi connectivity index (χ3n) is 7.90. The summed E-state index contributed by atoms with van der Waals surface area (Å²) in [4.78, 5) is 33.9. The van der Waals surface area contributed by atoms with E-state index in [-0.39, 0.29) is 30.0 Å². The zero-order valence-corrected chi connectivity index (χ0v) is 23.9. The third-order valence-corrected chi connectivity index (χ3v) is 7.90. The number of ether oxygens (including phenoxy) is 2. The molecule has 0 spiro atoms. The highest BCUT2D eigenvalue weighted by Gasteiger charge is 2.47. The monoisotopic (exact) mass is 532 g/mol. The first-order valence-electron chi connectivity index (χ1n) is 13.9.